The van der Waals surface area contributed by atoms with Gasteiger partial charge < -0.3 is 13.7 Å². The summed E-state index contributed by atoms with van der Waals surface area (Å²) in [6.07, 6.45) is 0. The van der Waals surface area contributed by atoms with Crippen LogP contribution in [0, 0.1) is 0 Å². The molecule has 0 bridgehead atoms. The van der Waals surface area contributed by atoms with Crippen LogP contribution in [0.2, 0.25) is 0 Å². The van der Waals surface area contributed by atoms with Crippen molar-refractivity contribution in [2.45, 2.75) is 0 Å². The van der Waals surface area contributed by atoms with Crippen LogP contribution in [0.5, 0.6) is 0 Å². The highest BCUT2D eigenvalue weighted by Crippen LogP contribution is 2.47. The molecule has 0 saturated heterocycles. The summed E-state index contributed by atoms with van der Waals surface area (Å²) < 4.78 is 12.8. The Bertz CT molecular complexity index is 3200. The van der Waals surface area contributed by atoms with Gasteiger partial charge in [0.15, 0.2) is 5.58 Å². The van der Waals surface area contributed by atoms with Crippen molar-refractivity contribution in [3.8, 4) is 33.7 Å². The lowest BCUT2D eigenvalue weighted by molar-refractivity contribution is 0.617. The average Bonchev–Trinajstić information content (AvgIpc) is 3.85. The van der Waals surface area contributed by atoms with Crippen molar-refractivity contribution in [3.05, 3.63) is 194 Å². The molecular formula is C51H32N2O2. The molecule has 0 aliphatic carbocycles. The Morgan fingerprint density at radius 3 is 1.85 bits per heavy atom. The van der Waals surface area contributed by atoms with Crippen LogP contribution in [0.25, 0.3) is 88.3 Å². The Morgan fingerprint density at radius 2 is 1.04 bits per heavy atom. The third kappa shape index (κ3) is 5.19. The molecule has 0 fully saturated rings. The topological polar surface area (TPSA) is 42.4 Å². The zero-order valence-corrected chi connectivity index (χ0v) is 29.7. The number of para-hydroxylation sites is 1. The third-order valence-electron chi connectivity index (χ3n) is 10.7. The molecule has 0 aliphatic rings. The smallest absolute Gasteiger partial charge is 0.227 e. The molecule has 11 rings (SSSR count). The Balaban J connectivity index is 1.12. The minimum absolute atomic E-state index is 0.588. The maximum absolute atomic E-state index is 6.59. The highest BCUT2D eigenvalue weighted by molar-refractivity contribution is 6.17. The minimum Gasteiger partial charge on any atom is -0.456 e. The van der Waals surface area contributed by atoms with Gasteiger partial charge in [-0.05, 0) is 92.8 Å². The van der Waals surface area contributed by atoms with E-state index in [-0.39, 0.29) is 0 Å². The van der Waals surface area contributed by atoms with Crippen molar-refractivity contribution in [2.24, 2.45) is 0 Å². The molecule has 0 aliphatic heterocycles. The van der Waals surface area contributed by atoms with Gasteiger partial charge in [-0.25, -0.2) is 4.98 Å². The normalized spacial score (nSPS) is 11.6. The maximum atomic E-state index is 6.59. The van der Waals surface area contributed by atoms with Crippen LogP contribution < -0.4 is 4.90 Å². The molecule has 0 radical (unpaired) electrons. The van der Waals surface area contributed by atoms with Gasteiger partial charge in [-0.15, -0.1) is 0 Å². The molecule has 0 spiro atoms. The fourth-order valence-corrected chi connectivity index (χ4v) is 8.14. The summed E-state index contributed by atoms with van der Waals surface area (Å²) in [5.74, 6) is 0.588. The highest BCUT2D eigenvalue weighted by Gasteiger charge is 2.23. The molecule has 0 unspecified atom stereocenters. The SMILES string of the molecule is c1ccc(-c2nc3cc4c(cc3o2)oc2cccc(N(c3ccc(-c5cc6ccccc6c6ccccc56)cc3)c3ccccc3-c3ccccc3)c24)cc1. The Hall–Kier alpha value is -7.43. The fourth-order valence-electron chi connectivity index (χ4n) is 8.14. The molecule has 258 valence electrons. The zero-order valence-electron chi connectivity index (χ0n) is 29.7. The van der Waals surface area contributed by atoms with E-state index in [2.05, 4.69) is 157 Å². The number of furan rings is 1. The van der Waals surface area contributed by atoms with E-state index in [1.165, 1.54) is 27.1 Å². The minimum atomic E-state index is 0.588. The average molecular weight is 705 g/mol. The van der Waals surface area contributed by atoms with E-state index in [1.54, 1.807) is 0 Å². The Labute approximate surface area is 317 Å². The first-order valence-electron chi connectivity index (χ1n) is 18.5. The van der Waals surface area contributed by atoms with Gasteiger partial charge in [-0.3, -0.25) is 0 Å². The number of oxazole rings is 1. The van der Waals surface area contributed by atoms with E-state index in [0.717, 1.165) is 66.8 Å². The standard InChI is InChI=1S/C51H32N2O2/c1-3-14-33(15-4-1)39-20-11-12-23-45(39)53(37-28-26-34(27-29-37)42-30-36-18-7-8-19-38(36)40-21-9-10-22-41(40)42)46-24-13-25-47-50(46)43-31-44-49(32-48(43)54-47)55-51(52-44)35-16-5-2-6-17-35/h1-32H. The molecule has 55 heavy (non-hydrogen) atoms. The molecular weight excluding hydrogens is 673 g/mol. The first-order valence-corrected chi connectivity index (χ1v) is 18.5. The second-order valence-corrected chi connectivity index (χ2v) is 13.9. The van der Waals surface area contributed by atoms with Crippen LogP contribution in [0.4, 0.5) is 17.1 Å². The van der Waals surface area contributed by atoms with Gasteiger partial charge in [0.25, 0.3) is 0 Å². The second-order valence-electron chi connectivity index (χ2n) is 13.9. The molecule has 0 saturated carbocycles. The molecule has 2 heterocycles. The lowest BCUT2D eigenvalue weighted by Crippen LogP contribution is -2.11. The van der Waals surface area contributed by atoms with Gasteiger partial charge in [0.2, 0.25) is 5.89 Å². The van der Waals surface area contributed by atoms with Crippen molar-refractivity contribution >= 4 is 71.6 Å². The van der Waals surface area contributed by atoms with Gasteiger partial charge in [-0.2, -0.15) is 0 Å². The van der Waals surface area contributed by atoms with E-state index in [9.17, 15) is 0 Å². The predicted octanol–water partition coefficient (Wildman–Crippen LogP) is 14.5. The lowest BCUT2D eigenvalue weighted by Gasteiger charge is -2.28. The zero-order chi connectivity index (χ0) is 36.3. The summed E-state index contributed by atoms with van der Waals surface area (Å²) in [5, 5.41) is 6.98. The van der Waals surface area contributed by atoms with Crippen LogP contribution in [-0.4, -0.2) is 4.98 Å². The van der Waals surface area contributed by atoms with E-state index >= 15 is 0 Å². The van der Waals surface area contributed by atoms with Crippen molar-refractivity contribution < 1.29 is 8.83 Å². The van der Waals surface area contributed by atoms with Crippen LogP contribution >= 0.6 is 0 Å². The number of nitrogens with zero attached hydrogens (tertiary/aromatic N) is 2. The summed E-state index contributed by atoms with van der Waals surface area (Å²) in [5.41, 5.74) is 11.7. The molecule has 2 aromatic heterocycles. The molecule has 0 amide bonds. The number of anilines is 3. The lowest BCUT2D eigenvalue weighted by atomic mass is 9.93. The summed E-state index contributed by atoms with van der Waals surface area (Å²) in [6, 6.07) is 68.2. The van der Waals surface area contributed by atoms with Crippen LogP contribution in [0.1, 0.15) is 0 Å². The van der Waals surface area contributed by atoms with E-state index in [4.69, 9.17) is 13.8 Å². The molecule has 0 N–H and O–H groups in total. The first kappa shape index (κ1) is 31.1. The molecule has 4 heteroatoms. The molecule has 11 aromatic rings. The van der Waals surface area contributed by atoms with E-state index < -0.39 is 0 Å². The Kier molecular flexibility index (Phi) is 7.14. The van der Waals surface area contributed by atoms with Gasteiger partial charge in [-0.1, -0.05) is 133 Å². The van der Waals surface area contributed by atoms with Gasteiger partial charge in [0.05, 0.1) is 16.8 Å². The Morgan fingerprint density at radius 1 is 0.382 bits per heavy atom. The number of benzene rings is 9. The maximum Gasteiger partial charge on any atom is 0.227 e. The fraction of sp³-hybridized carbons (Fsp3) is 0. The molecule has 0 atom stereocenters. The molecule has 4 nitrogen and oxygen atoms in total. The number of hydrogen-bond donors (Lipinski definition) is 0. The highest BCUT2D eigenvalue weighted by atomic mass is 16.4. The van der Waals surface area contributed by atoms with Crippen molar-refractivity contribution in [1.82, 2.24) is 4.98 Å². The summed E-state index contributed by atoms with van der Waals surface area (Å²) >= 11 is 0. The summed E-state index contributed by atoms with van der Waals surface area (Å²) in [4.78, 5) is 7.29. The number of fused-ring (bicyclic) bond motifs is 7. The summed E-state index contributed by atoms with van der Waals surface area (Å²) in [7, 11) is 0. The largest absolute Gasteiger partial charge is 0.456 e. The van der Waals surface area contributed by atoms with Crippen molar-refractivity contribution in [3.63, 3.8) is 0 Å². The van der Waals surface area contributed by atoms with Gasteiger partial charge >= 0.3 is 0 Å². The number of aromatic nitrogens is 1. The summed E-state index contributed by atoms with van der Waals surface area (Å²) in [6.45, 7) is 0. The van der Waals surface area contributed by atoms with Crippen LogP contribution in [-0.2, 0) is 0 Å². The first-order chi connectivity index (χ1) is 27.3. The van der Waals surface area contributed by atoms with Crippen LogP contribution in [0.15, 0.2) is 203 Å². The quantitative estimate of drug-likeness (QED) is 0.162. The third-order valence-corrected chi connectivity index (χ3v) is 10.7. The van der Waals surface area contributed by atoms with Crippen molar-refractivity contribution in [2.75, 3.05) is 4.90 Å². The van der Waals surface area contributed by atoms with E-state index in [1.807, 2.05) is 42.5 Å². The van der Waals surface area contributed by atoms with Crippen LogP contribution in [0.3, 0.4) is 0 Å². The molecule has 9 aromatic carbocycles. The predicted molar refractivity (Wildman–Crippen MR) is 227 cm³/mol. The monoisotopic (exact) mass is 704 g/mol. The number of hydrogen-bond acceptors (Lipinski definition) is 4. The van der Waals surface area contributed by atoms with E-state index in [0.29, 0.717) is 11.5 Å². The second kappa shape index (κ2) is 12.6. The van der Waals surface area contributed by atoms with Gasteiger partial charge in [0.1, 0.15) is 16.7 Å². The van der Waals surface area contributed by atoms with Crippen molar-refractivity contribution in [1.29, 1.82) is 0 Å². The number of rotatable bonds is 6. The van der Waals surface area contributed by atoms with Gasteiger partial charge in [0, 0.05) is 28.3 Å².